The van der Waals surface area contributed by atoms with Crippen molar-refractivity contribution in [2.24, 2.45) is 5.92 Å². The highest BCUT2D eigenvalue weighted by Gasteiger charge is 2.35. The molecule has 0 aromatic heterocycles. The molecule has 0 aliphatic carbocycles. The number of halogens is 1. The number of amides is 2. The van der Waals surface area contributed by atoms with E-state index in [0.29, 0.717) is 13.0 Å². The Morgan fingerprint density at radius 2 is 1.86 bits per heavy atom. The first-order valence-corrected chi connectivity index (χ1v) is 7.75. The van der Waals surface area contributed by atoms with E-state index < -0.39 is 6.04 Å². The third kappa shape index (κ3) is 3.64. The first kappa shape index (κ1) is 16.5. The highest BCUT2D eigenvalue weighted by molar-refractivity contribution is 5.89. The molecule has 1 fully saturated rings. The van der Waals surface area contributed by atoms with Crippen molar-refractivity contribution in [3.05, 3.63) is 35.6 Å². The molecule has 1 aliphatic rings. The van der Waals surface area contributed by atoms with Gasteiger partial charge in [0, 0.05) is 13.0 Å². The monoisotopic (exact) mass is 306 g/mol. The Labute approximate surface area is 130 Å². The fraction of sp³-hybridized carbons (Fsp3) is 0.529. The molecule has 0 unspecified atom stereocenters. The molecule has 0 bridgehead atoms. The minimum atomic E-state index is -0.446. The summed E-state index contributed by atoms with van der Waals surface area (Å²) in [5, 5.41) is 2.94. The number of carbonyl (C=O) groups excluding carboxylic acids is 2. The van der Waals surface area contributed by atoms with E-state index in [9.17, 15) is 14.0 Å². The van der Waals surface area contributed by atoms with Crippen LogP contribution in [0.25, 0.3) is 0 Å². The SMILES string of the molecule is CC(C)[C@@H](C(=O)N[C@@H](C)c1ccc(F)cc1)N1CCCC1=O. The van der Waals surface area contributed by atoms with Gasteiger partial charge in [-0.2, -0.15) is 0 Å². The van der Waals surface area contributed by atoms with Crippen molar-refractivity contribution in [3.8, 4) is 0 Å². The molecule has 5 heteroatoms. The van der Waals surface area contributed by atoms with Crippen LogP contribution >= 0.6 is 0 Å². The molecule has 120 valence electrons. The maximum atomic E-state index is 13.0. The maximum Gasteiger partial charge on any atom is 0.243 e. The molecule has 1 heterocycles. The Balaban J connectivity index is 2.07. The Hall–Kier alpha value is -1.91. The quantitative estimate of drug-likeness (QED) is 0.909. The maximum absolute atomic E-state index is 13.0. The zero-order valence-electron chi connectivity index (χ0n) is 13.3. The minimum Gasteiger partial charge on any atom is -0.348 e. The van der Waals surface area contributed by atoms with Gasteiger partial charge in [-0.05, 0) is 37.0 Å². The van der Waals surface area contributed by atoms with E-state index in [4.69, 9.17) is 0 Å². The molecule has 2 amide bonds. The second-order valence-corrected chi connectivity index (χ2v) is 6.16. The molecule has 0 saturated carbocycles. The summed E-state index contributed by atoms with van der Waals surface area (Å²) in [4.78, 5) is 26.2. The van der Waals surface area contributed by atoms with Gasteiger partial charge in [-0.25, -0.2) is 4.39 Å². The Morgan fingerprint density at radius 3 is 2.36 bits per heavy atom. The van der Waals surface area contributed by atoms with Crippen molar-refractivity contribution in [1.82, 2.24) is 10.2 Å². The van der Waals surface area contributed by atoms with Crippen LogP contribution in [0.1, 0.15) is 45.2 Å². The molecular weight excluding hydrogens is 283 g/mol. The summed E-state index contributed by atoms with van der Waals surface area (Å²) in [7, 11) is 0. The van der Waals surface area contributed by atoms with Gasteiger partial charge in [-0.3, -0.25) is 9.59 Å². The lowest BCUT2D eigenvalue weighted by atomic mass is 10.0. The van der Waals surface area contributed by atoms with Gasteiger partial charge in [-0.1, -0.05) is 26.0 Å². The van der Waals surface area contributed by atoms with Gasteiger partial charge in [0.1, 0.15) is 11.9 Å². The van der Waals surface area contributed by atoms with Crippen molar-refractivity contribution in [1.29, 1.82) is 0 Å². The van der Waals surface area contributed by atoms with E-state index >= 15 is 0 Å². The summed E-state index contributed by atoms with van der Waals surface area (Å²) in [6.45, 7) is 6.38. The second-order valence-electron chi connectivity index (χ2n) is 6.16. The number of nitrogens with zero attached hydrogens (tertiary/aromatic N) is 1. The summed E-state index contributed by atoms with van der Waals surface area (Å²) in [6, 6.07) is 5.39. The molecule has 2 rings (SSSR count). The highest BCUT2D eigenvalue weighted by atomic mass is 19.1. The second kappa shape index (κ2) is 6.90. The lowest BCUT2D eigenvalue weighted by Gasteiger charge is -2.31. The predicted octanol–water partition coefficient (Wildman–Crippen LogP) is 2.65. The van der Waals surface area contributed by atoms with E-state index in [1.165, 1.54) is 12.1 Å². The van der Waals surface area contributed by atoms with Gasteiger partial charge in [0.2, 0.25) is 11.8 Å². The number of benzene rings is 1. The van der Waals surface area contributed by atoms with E-state index in [1.807, 2.05) is 20.8 Å². The lowest BCUT2D eigenvalue weighted by Crippen LogP contribution is -2.50. The topological polar surface area (TPSA) is 49.4 Å². The fourth-order valence-corrected chi connectivity index (χ4v) is 2.90. The largest absolute Gasteiger partial charge is 0.348 e. The highest BCUT2D eigenvalue weighted by Crippen LogP contribution is 2.21. The van der Waals surface area contributed by atoms with Crippen LogP contribution < -0.4 is 5.32 Å². The van der Waals surface area contributed by atoms with Crippen LogP contribution in [0, 0.1) is 11.7 Å². The molecule has 4 nitrogen and oxygen atoms in total. The summed E-state index contributed by atoms with van der Waals surface area (Å²) in [5.74, 6) is -0.363. The molecule has 1 saturated heterocycles. The standard InChI is InChI=1S/C17H23FN2O2/c1-11(2)16(20-10-4-5-15(20)21)17(22)19-12(3)13-6-8-14(18)9-7-13/h6-9,11-12,16H,4-5,10H2,1-3H3,(H,19,22)/t12-,16-/m0/s1. The van der Waals surface area contributed by atoms with Crippen LogP contribution in [-0.4, -0.2) is 29.3 Å². The summed E-state index contributed by atoms with van der Waals surface area (Å²) in [6.07, 6.45) is 1.33. The van der Waals surface area contributed by atoms with Crippen molar-refractivity contribution >= 4 is 11.8 Å². The molecule has 1 aromatic carbocycles. The predicted molar refractivity (Wildman–Crippen MR) is 82.5 cm³/mol. The number of nitrogens with one attached hydrogen (secondary N) is 1. The average Bonchev–Trinajstić information content (AvgIpc) is 2.85. The van der Waals surface area contributed by atoms with Gasteiger partial charge in [-0.15, -0.1) is 0 Å². The van der Waals surface area contributed by atoms with E-state index in [0.717, 1.165) is 12.0 Å². The molecule has 2 atom stereocenters. The molecule has 22 heavy (non-hydrogen) atoms. The molecule has 1 aliphatic heterocycles. The van der Waals surface area contributed by atoms with Crippen LogP contribution in [0.5, 0.6) is 0 Å². The van der Waals surface area contributed by atoms with Gasteiger partial charge in [0.15, 0.2) is 0 Å². The zero-order valence-corrected chi connectivity index (χ0v) is 13.3. The smallest absolute Gasteiger partial charge is 0.243 e. The molecular formula is C17H23FN2O2. The third-order valence-electron chi connectivity index (χ3n) is 4.07. The molecule has 0 spiro atoms. The van der Waals surface area contributed by atoms with Gasteiger partial charge in [0.05, 0.1) is 6.04 Å². The summed E-state index contributed by atoms with van der Waals surface area (Å²) < 4.78 is 13.0. The fourth-order valence-electron chi connectivity index (χ4n) is 2.90. The van der Waals surface area contributed by atoms with Crippen LogP contribution in [-0.2, 0) is 9.59 Å². The van der Waals surface area contributed by atoms with Crippen molar-refractivity contribution in [3.63, 3.8) is 0 Å². The van der Waals surface area contributed by atoms with Crippen LogP contribution in [0.3, 0.4) is 0 Å². The number of rotatable bonds is 5. The van der Waals surface area contributed by atoms with Crippen LogP contribution in [0.4, 0.5) is 4.39 Å². The van der Waals surface area contributed by atoms with Gasteiger partial charge >= 0.3 is 0 Å². The molecule has 0 radical (unpaired) electrons. The van der Waals surface area contributed by atoms with Crippen molar-refractivity contribution in [2.75, 3.05) is 6.54 Å². The summed E-state index contributed by atoms with van der Waals surface area (Å²) in [5.41, 5.74) is 0.838. The first-order chi connectivity index (χ1) is 10.4. The van der Waals surface area contributed by atoms with Crippen molar-refractivity contribution in [2.45, 2.75) is 45.7 Å². The van der Waals surface area contributed by atoms with Crippen LogP contribution in [0.15, 0.2) is 24.3 Å². The number of hydrogen-bond donors (Lipinski definition) is 1. The zero-order chi connectivity index (χ0) is 16.3. The van der Waals surface area contributed by atoms with Crippen LogP contribution in [0.2, 0.25) is 0 Å². The lowest BCUT2D eigenvalue weighted by molar-refractivity contribution is -0.139. The Bertz CT molecular complexity index is 542. The number of carbonyl (C=O) groups is 2. The van der Waals surface area contributed by atoms with Gasteiger partial charge < -0.3 is 10.2 Å². The van der Waals surface area contributed by atoms with Crippen molar-refractivity contribution < 1.29 is 14.0 Å². The Kier molecular flexibility index (Phi) is 5.16. The normalized spacial score (nSPS) is 17.7. The van der Waals surface area contributed by atoms with E-state index in [-0.39, 0.29) is 29.6 Å². The average molecular weight is 306 g/mol. The number of likely N-dealkylation sites (tertiary alicyclic amines) is 1. The Morgan fingerprint density at radius 1 is 1.23 bits per heavy atom. The van der Waals surface area contributed by atoms with E-state index in [2.05, 4.69) is 5.32 Å². The van der Waals surface area contributed by atoms with E-state index in [1.54, 1.807) is 17.0 Å². The minimum absolute atomic E-state index is 0.0440. The molecule has 1 aromatic rings. The number of hydrogen-bond acceptors (Lipinski definition) is 2. The third-order valence-corrected chi connectivity index (χ3v) is 4.07. The first-order valence-electron chi connectivity index (χ1n) is 7.75. The summed E-state index contributed by atoms with van der Waals surface area (Å²) >= 11 is 0. The van der Waals surface area contributed by atoms with Gasteiger partial charge in [0.25, 0.3) is 0 Å². The molecule has 1 N–H and O–H groups in total.